The lowest BCUT2D eigenvalue weighted by molar-refractivity contribution is -0.149. The van der Waals surface area contributed by atoms with Crippen LogP contribution in [0.1, 0.15) is 45.4 Å². The number of aliphatic carboxylic acids is 1. The summed E-state index contributed by atoms with van der Waals surface area (Å²) in [6.07, 6.45) is 3.24. The second-order valence-corrected chi connectivity index (χ2v) is 5.67. The highest BCUT2D eigenvalue weighted by Crippen LogP contribution is 2.40. The largest absolute Gasteiger partial charge is 0.481 e. The first-order valence-electron chi connectivity index (χ1n) is 6.46. The van der Waals surface area contributed by atoms with Gasteiger partial charge in [-0.3, -0.25) is 4.79 Å². The second kappa shape index (κ2) is 4.88. The van der Waals surface area contributed by atoms with Crippen molar-refractivity contribution in [1.82, 2.24) is 20.2 Å². The molecule has 106 valence electrons. The Bertz CT molecular complexity index is 463. The zero-order valence-electron chi connectivity index (χ0n) is 11.6. The molecule has 1 N–H and O–H groups in total. The van der Waals surface area contributed by atoms with Gasteiger partial charge in [0.25, 0.3) is 0 Å². The Morgan fingerprint density at radius 1 is 1.47 bits per heavy atom. The molecule has 0 spiro atoms. The Balaban J connectivity index is 2.29. The minimum atomic E-state index is -0.762. The molecule has 7 heteroatoms. The number of aromatic nitrogens is 4. The molecule has 7 nitrogen and oxygen atoms in total. The molecule has 0 aliphatic heterocycles. The lowest BCUT2D eigenvalue weighted by Crippen LogP contribution is -2.36. The molecule has 0 unspecified atom stereocenters. The van der Waals surface area contributed by atoms with E-state index in [1.807, 2.05) is 13.8 Å². The molecule has 0 atom stereocenters. The van der Waals surface area contributed by atoms with Gasteiger partial charge < -0.3 is 9.84 Å². The highest BCUT2D eigenvalue weighted by atomic mass is 16.5. The number of tetrazole rings is 1. The molecule has 0 radical (unpaired) electrons. The van der Waals surface area contributed by atoms with Crippen LogP contribution in [0, 0.1) is 5.41 Å². The second-order valence-electron chi connectivity index (χ2n) is 5.67. The maximum atomic E-state index is 11.6. The van der Waals surface area contributed by atoms with E-state index in [1.54, 1.807) is 11.8 Å². The van der Waals surface area contributed by atoms with Crippen molar-refractivity contribution < 1.29 is 14.6 Å². The van der Waals surface area contributed by atoms with E-state index in [1.165, 1.54) is 0 Å². The smallest absolute Gasteiger partial charge is 0.311 e. The van der Waals surface area contributed by atoms with Gasteiger partial charge >= 0.3 is 5.97 Å². The van der Waals surface area contributed by atoms with E-state index in [9.17, 15) is 9.90 Å². The summed E-state index contributed by atoms with van der Waals surface area (Å²) in [6.45, 7) is 4.02. The van der Waals surface area contributed by atoms with Gasteiger partial charge in [0.1, 0.15) is 5.60 Å². The van der Waals surface area contributed by atoms with Crippen LogP contribution >= 0.6 is 0 Å². The van der Waals surface area contributed by atoms with Crippen molar-refractivity contribution >= 4 is 5.97 Å². The summed E-state index contributed by atoms with van der Waals surface area (Å²) in [5.41, 5.74) is -1.38. The summed E-state index contributed by atoms with van der Waals surface area (Å²) in [6, 6.07) is 0. The van der Waals surface area contributed by atoms with Crippen LogP contribution in [0.2, 0.25) is 0 Å². The van der Waals surface area contributed by atoms with Gasteiger partial charge in [-0.2, -0.15) is 0 Å². The van der Waals surface area contributed by atoms with Gasteiger partial charge in [0.05, 0.1) is 12.0 Å². The fourth-order valence-corrected chi connectivity index (χ4v) is 2.61. The predicted molar refractivity (Wildman–Crippen MR) is 66.4 cm³/mol. The van der Waals surface area contributed by atoms with E-state index in [2.05, 4.69) is 15.5 Å². The Labute approximate surface area is 111 Å². The number of ether oxygens (including phenoxy) is 1. The minimum absolute atomic E-state index is 0.303. The zero-order chi connectivity index (χ0) is 14.1. The molecule has 1 aliphatic carbocycles. The van der Waals surface area contributed by atoms with Gasteiger partial charge in [0, 0.05) is 7.11 Å². The van der Waals surface area contributed by atoms with Crippen molar-refractivity contribution in [2.24, 2.45) is 5.41 Å². The third kappa shape index (κ3) is 2.47. The van der Waals surface area contributed by atoms with E-state index in [-0.39, 0.29) is 0 Å². The highest BCUT2D eigenvalue weighted by Gasteiger charge is 2.43. The SMILES string of the molecule is COC(C)(C)c1nnnn1CC1(C(=O)O)CCCC1. The predicted octanol–water partition coefficient (Wildman–Crippen LogP) is 1.20. The molecule has 2 rings (SSSR count). The van der Waals surface area contributed by atoms with Crippen LogP contribution in [0.25, 0.3) is 0 Å². The summed E-state index contributed by atoms with van der Waals surface area (Å²) in [5, 5.41) is 21.1. The number of carbonyl (C=O) groups is 1. The average Bonchev–Trinajstić information content (AvgIpc) is 2.99. The molecule has 1 heterocycles. The normalized spacial score (nSPS) is 18.7. The molecule has 1 aromatic rings. The van der Waals surface area contributed by atoms with Crippen molar-refractivity contribution in [3.8, 4) is 0 Å². The molecule has 0 bridgehead atoms. The zero-order valence-corrected chi connectivity index (χ0v) is 11.6. The molecule has 19 heavy (non-hydrogen) atoms. The number of hydrogen-bond acceptors (Lipinski definition) is 5. The quantitative estimate of drug-likeness (QED) is 0.863. The Morgan fingerprint density at radius 3 is 2.63 bits per heavy atom. The van der Waals surface area contributed by atoms with Crippen molar-refractivity contribution in [3.63, 3.8) is 0 Å². The van der Waals surface area contributed by atoms with Gasteiger partial charge in [-0.05, 0) is 37.1 Å². The number of carboxylic acid groups (broad SMARTS) is 1. The van der Waals surface area contributed by atoms with Gasteiger partial charge in [0.2, 0.25) is 0 Å². The molecular weight excluding hydrogens is 248 g/mol. The first-order chi connectivity index (χ1) is 8.91. The standard InChI is InChI=1S/C12H20N4O3/c1-11(2,19-3)9-13-14-15-16(9)8-12(10(17)18)6-4-5-7-12/h4-8H2,1-3H3,(H,17,18). The molecule has 1 saturated carbocycles. The number of hydrogen-bond donors (Lipinski definition) is 1. The van der Waals surface area contributed by atoms with Crippen LogP contribution in [-0.4, -0.2) is 38.4 Å². The highest BCUT2D eigenvalue weighted by molar-refractivity contribution is 5.74. The summed E-state index contributed by atoms with van der Waals surface area (Å²) < 4.78 is 6.94. The van der Waals surface area contributed by atoms with Crippen LogP contribution in [0.4, 0.5) is 0 Å². The van der Waals surface area contributed by atoms with Gasteiger partial charge in [-0.1, -0.05) is 12.8 Å². The first-order valence-corrected chi connectivity index (χ1v) is 6.46. The lowest BCUT2D eigenvalue weighted by atomic mass is 9.86. The third-order valence-electron chi connectivity index (χ3n) is 4.05. The van der Waals surface area contributed by atoms with Crippen LogP contribution in [0.15, 0.2) is 0 Å². The lowest BCUT2D eigenvalue weighted by Gasteiger charge is -2.27. The Hall–Kier alpha value is -1.50. The number of methoxy groups -OCH3 is 1. The van der Waals surface area contributed by atoms with Crippen LogP contribution in [0.3, 0.4) is 0 Å². The number of rotatable bonds is 5. The summed E-state index contributed by atoms with van der Waals surface area (Å²) >= 11 is 0. The van der Waals surface area contributed by atoms with Gasteiger partial charge in [-0.15, -0.1) is 5.10 Å². The Kier molecular flexibility index (Phi) is 3.58. The van der Waals surface area contributed by atoms with E-state index < -0.39 is 17.0 Å². The number of nitrogens with zero attached hydrogens (tertiary/aromatic N) is 4. The van der Waals surface area contributed by atoms with E-state index in [0.717, 1.165) is 12.8 Å². The Morgan fingerprint density at radius 2 is 2.11 bits per heavy atom. The first kappa shape index (κ1) is 13.9. The average molecular weight is 268 g/mol. The molecular formula is C12H20N4O3. The van der Waals surface area contributed by atoms with Crippen molar-refractivity contribution in [1.29, 1.82) is 0 Å². The molecule has 1 aliphatic rings. The third-order valence-corrected chi connectivity index (χ3v) is 4.05. The van der Waals surface area contributed by atoms with Crippen LogP contribution in [-0.2, 0) is 21.7 Å². The summed E-state index contributed by atoms with van der Waals surface area (Å²) in [5.74, 6) is -0.204. The van der Waals surface area contributed by atoms with Gasteiger partial charge in [-0.25, -0.2) is 4.68 Å². The molecule has 1 aromatic heterocycles. The summed E-state index contributed by atoms with van der Waals surface area (Å²) in [7, 11) is 1.58. The molecule has 1 fully saturated rings. The maximum absolute atomic E-state index is 11.6. The van der Waals surface area contributed by atoms with E-state index in [0.29, 0.717) is 25.2 Å². The maximum Gasteiger partial charge on any atom is 0.311 e. The van der Waals surface area contributed by atoms with E-state index in [4.69, 9.17) is 4.74 Å². The van der Waals surface area contributed by atoms with Crippen molar-refractivity contribution in [2.45, 2.75) is 51.7 Å². The van der Waals surface area contributed by atoms with E-state index >= 15 is 0 Å². The summed E-state index contributed by atoms with van der Waals surface area (Å²) in [4.78, 5) is 11.6. The minimum Gasteiger partial charge on any atom is -0.481 e. The fraction of sp³-hybridized carbons (Fsp3) is 0.833. The van der Waals surface area contributed by atoms with Crippen molar-refractivity contribution in [3.05, 3.63) is 5.82 Å². The number of carboxylic acids is 1. The fourth-order valence-electron chi connectivity index (χ4n) is 2.61. The monoisotopic (exact) mass is 268 g/mol. The molecule has 0 aromatic carbocycles. The van der Waals surface area contributed by atoms with Crippen LogP contribution < -0.4 is 0 Å². The molecule has 0 saturated heterocycles. The van der Waals surface area contributed by atoms with Crippen LogP contribution in [0.5, 0.6) is 0 Å². The van der Waals surface area contributed by atoms with Gasteiger partial charge in [0.15, 0.2) is 5.82 Å². The molecule has 0 amide bonds. The van der Waals surface area contributed by atoms with Crippen molar-refractivity contribution in [2.75, 3.05) is 7.11 Å². The topological polar surface area (TPSA) is 90.1 Å².